The molecule has 15 nitrogen and oxygen atoms in total. The zero-order valence-electron chi connectivity index (χ0n) is 38.2. The van der Waals surface area contributed by atoms with Crippen molar-refractivity contribution in [3.05, 3.63) is 119 Å². The van der Waals surface area contributed by atoms with Crippen molar-refractivity contribution in [3.63, 3.8) is 0 Å². The highest BCUT2D eigenvalue weighted by molar-refractivity contribution is 7.98. The maximum Gasteiger partial charge on any atom is 0.338 e. The molecule has 10 atom stereocenters. The van der Waals surface area contributed by atoms with Crippen LogP contribution in [0.4, 0.5) is 0 Å². The van der Waals surface area contributed by atoms with E-state index in [0.29, 0.717) is 5.56 Å². The lowest BCUT2D eigenvalue weighted by atomic mass is 9.48. The van der Waals surface area contributed by atoms with E-state index in [1.807, 2.05) is 6.26 Å². The van der Waals surface area contributed by atoms with Crippen LogP contribution < -0.4 is 5.32 Å². The first-order chi connectivity index (χ1) is 31.3. The average Bonchev–Trinajstić information content (AvgIpc) is 3.30. The predicted molar refractivity (Wildman–Crippen MR) is 242 cm³/mol. The summed E-state index contributed by atoms with van der Waals surface area (Å²) in [7, 11) is 0. The minimum atomic E-state index is -2.21. The van der Waals surface area contributed by atoms with Crippen molar-refractivity contribution < 1.29 is 67.4 Å². The molecule has 3 aliphatic rings. The summed E-state index contributed by atoms with van der Waals surface area (Å²) in [5.41, 5.74) is -4.18. The first-order valence-corrected chi connectivity index (χ1v) is 23.3. The molecule has 354 valence electrons. The summed E-state index contributed by atoms with van der Waals surface area (Å²) in [4.78, 5) is 82.7. The normalized spacial score (nSPS) is 27.7. The number of Topliss-reactive ketones (excluding diaryl/α,β-unsaturated/α-hetero) is 1. The number of nitrogens with one attached hydrogen (secondary N) is 1. The Labute approximate surface area is 388 Å². The molecule has 0 aromatic heterocycles. The van der Waals surface area contributed by atoms with Gasteiger partial charge in [-0.3, -0.25) is 19.2 Å². The predicted octanol–water partition coefficient (Wildman–Crippen LogP) is 5.72. The van der Waals surface area contributed by atoms with Crippen LogP contribution in [0.3, 0.4) is 0 Å². The van der Waals surface area contributed by atoms with Crippen molar-refractivity contribution in [3.8, 4) is 0 Å². The maximum atomic E-state index is 15.7. The second kappa shape index (κ2) is 21.1. The molecule has 16 heteroatoms. The number of fused-ring (bicyclic) bond motifs is 3. The monoisotopic (exact) mass is 929 g/mol. The topological polar surface area (TPSA) is 210 Å². The standard InChI is InChI=1S/C50H59NO14S/c1-29-37(64-47(58)41(54)40(32-17-11-8-12-18-32)51-45(56)33-19-13-9-14-20-33)27-50(59)44(65-46(57)34-21-15-10-16-22-34)36-25-35(61-24-23-60-30(2)52)26-38(62-28-66-7)49(36,6)43(55)42(63-31(3)53)39(29)48(50,4)5/h8-22,35-38,40-42,44,54,59H,23-28H2,1-7H3,(H,51,56). The lowest BCUT2D eigenvalue weighted by Gasteiger charge is -2.61. The minimum Gasteiger partial charge on any atom is -0.463 e. The number of amides is 1. The third-order valence-corrected chi connectivity index (χ3v) is 13.8. The lowest BCUT2D eigenvalue weighted by molar-refractivity contribution is -0.234. The number of carbonyl (C=O) groups is 6. The van der Waals surface area contributed by atoms with Gasteiger partial charge in [-0.05, 0) is 67.5 Å². The molecule has 2 fully saturated rings. The average molecular weight is 930 g/mol. The van der Waals surface area contributed by atoms with E-state index in [-0.39, 0.29) is 54.3 Å². The van der Waals surface area contributed by atoms with E-state index in [4.69, 9.17) is 28.4 Å². The molecule has 1 amide bonds. The van der Waals surface area contributed by atoms with Crippen molar-refractivity contribution in [2.45, 2.75) is 109 Å². The third-order valence-electron chi connectivity index (χ3n) is 13.4. The molecule has 0 radical (unpaired) electrons. The Kier molecular flexibility index (Phi) is 16.0. The van der Waals surface area contributed by atoms with Gasteiger partial charge < -0.3 is 44.0 Å². The van der Waals surface area contributed by atoms with Gasteiger partial charge in [0.05, 0.1) is 41.8 Å². The molecular weight excluding hydrogens is 871 g/mol. The number of rotatable bonds is 16. The van der Waals surface area contributed by atoms with Gasteiger partial charge in [-0.1, -0.05) is 80.6 Å². The Morgan fingerprint density at radius 1 is 0.803 bits per heavy atom. The third kappa shape index (κ3) is 10.3. The number of ether oxygens (including phenoxy) is 6. The van der Waals surface area contributed by atoms with Crippen molar-refractivity contribution in [1.29, 1.82) is 0 Å². The Bertz CT molecular complexity index is 2270. The fraction of sp³-hybridized carbons (Fsp3) is 0.480. The van der Waals surface area contributed by atoms with E-state index >= 15 is 4.79 Å². The molecule has 0 spiro atoms. The molecule has 10 unspecified atom stereocenters. The summed E-state index contributed by atoms with van der Waals surface area (Å²) >= 11 is 1.36. The summed E-state index contributed by atoms with van der Waals surface area (Å²) in [6, 6.07) is 23.5. The van der Waals surface area contributed by atoms with Crippen LogP contribution in [0.2, 0.25) is 0 Å². The molecule has 3 aromatic rings. The van der Waals surface area contributed by atoms with Crippen LogP contribution in [0.1, 0.15) is 93.1 Å². The second-order valence-corrected chi connectivity index (χ2v) is 18.6. The zero-order chi connectivity index (χ0) is 48.0. The molecule has 2 saturated carbocycles. The summed E-state index contributed by atoms with van der Waals surface area (Å²) in [5.74, 6) is -5.42. The van der Waals surface area contributed by atoms with Gasteiger partial charge in [0.25, 0.3) is 5.91 Å². The molecule has 2 bridgehead atoms. The fourth-order valence-electron chi connectivity index (χ4n) is 9.91. The Morgan fingerprint density at radius 2 is 1.41 bits per heavy atom. The van der Waals surface area contributed by atoms with Gasteiger partial charge in [-0.2, -0.15) is 0 Å². The fourth-order valence-corrected chi connectivity index (χ4v) is 10.2. The summed E-state index contributed by atoms with van der Waals surface area (Å²) in [5, 5.41) is 28.4. The smallest absolute Gasteiger partial charge is 0.338 e. The van der Waals surface area contributed by atoms with E-state index in [2.05, 4.69) is 5.32 Å². The highest BCUT2D eigenvalue weighted by atomic mass is 32.2. The number of aliphatic hydroxyl groups is 2. The van der Waals surface area contributed by atoms with Gasteiger partial charge in [0, 0.05) is 43.6 Å². The van der Waals surface area contributed by atoms with Crippen LogP contribution in [-0.4, -0.2) is 113 Å². The first kappa shape index (κ1) is 50.0. The Balaban J connectivity index is 1.49. The number of hydrogen-bond donors (Lipinski definition) is 3. The van der Waals surface area contributed by atoms with Crippen LogP contribution in [0.5, 0.6) is 0 Å². The highest BCUT2D eigenvalue weighted by Gasteiger charge is 2.70. The number of hydrogen-bond acceptors (Lipinski definition) is 15. The molecular formula is C50H59NO14S. The summed E-state index contributed by atoms with van der Waals surface area (Å²) < 4.78 is 36.5. The van der Waals surface area contributed by atoms with Gasteiger partial charge in [-0.15, -0.1) is 11.8 Å². The number of benzene rings is 3. The number of ketones is 1. The highest BCUT2D eigenvalue weighted by Crippen LogP contribution is 2.61. The van der Waals surface area contributed by atoms with Crippen LogP contribution in [0, 0.1) is 16.7 Å². The number of aliphatic hydroxyl groups excluding tert-OH is 1. The van der Waals surface area contributed by atoms with E-state index < -0.39 is 107 Å². The maximum absolute atomic E-state index is 15.7. The van der Waals surface area contributed by atoms with Crippen LogP contribution in [0.15, 0.2) is 102 Å². The summed E-state index contributed by atoms with van der Waals surface area (Å²) in [6.07, 6.45) is -6.66. The minimum absolute atomic E-state index is 0.0143. The zero-order valence-corrected chi connectivity index (χ0v) is 39.0. The molecule has 0 heterocycles. The van der Waals surface area contributed by atoms with Gasteiger partial charge in [0.15, 0.2) is 18.0 Å². The summed E-state index contributed by atoms with van der Waals surface area (Å²) in [6.45, 7) is 8.91. The molecule has 66 heavy (non-hydrogen) atoms. The SMILES string of the molecule is CSCOC1CC(OCCOC(C)=O)CC2C(OC(=O)c3ccccc3)C3(O)CC(OC(=O)C(O)C(NC(=O)c4ccccc4)c4ccccc4)C(C)=C(C(OC(C)=O)C(=O)C12C)C3(C)C. The van der Waals surface area contributed by atoms with Crippen molar-refractivity contribution in [1.82, 2.24) is 5.32 Å². The van der Waals surface area contributed by atoms with Crippen molar-refractivity contribution in [2.24, 2.45) is 16.7 Å². The molecule has 6 rings (SSSR count). The van der Waals surface area contributed by atoms with Crippen LogP contribution >= 0.6 is 11.8 Å². The Hall–Kier alpha value is -5.39. The van der Waals surface area contributed by atoms with Crippen LogP contribution in [-0.2, 0) is 47.6 Å². The van der Waals surface area contributed by atoms with E-state index in [1.54, 1.807) is 119 Å². The molecule has 3 aliphatic carbocycles. The molecule has 3 aromatic carbocycles. The Morgan fingerprint density at radius 3 is 2.00 bits per heavy atom. The van der Waals surface area contributed by atoms with Gasteiger partial charge in [-0.25, -0.2) is 9.59 Å². The van der Waals surface area contributed by atoms with E-state index in [1.165, 1.54) is 18.7 Å². The largest absolute Gasteiger partial charge is 0.463 e. The van der Waals surface area contributed by atoms with Gasteiger partial charge in [0.2, 0.25) is 0 Å². The van der Waals surface area contributed by atoms with E-state index in [9.17, 15) is 34.2 Å². The number of esters is 4. The van der Waals surface area contributed by atoms with Crippen molar-refractivity contribution >= 4 is 47.3 Å². The molecule has 0 saturated heterocycles. The molecule has 0 aliphatic heterocycles. The first-order valence-electron chi connectivity index (χ1n) is 21.9. The second-order valence-electron chi connectivity index (χ2n) is 17.7. The van der Waals surface area contributed by atoms with Crippen LogP contribution in [0.25, 0.3) is 0 Å². The van der Waals surface area contributed by atoms with E-state index in [0.717, 1.165) is 6.92 Å². The number of thioether (sulfide) groups is 1. The van der Waals surface area contributed by atoms with Gasteiger partial charge >= 0.3 is 23.9 Å². The number of carbonyl (C=O) groups excluding carboxylic acids is 6. The quantitative estimate of drug-likeness (QED) is 0.0516. The van der Waals surface area contributed by atoms with Gasteiger partial charge in [0.1, 0.15) is 24.4 Å². The van der Waals surface area contributed by atoms with Crippen molar-refractivity contribution in [2.75, 3.05) is 25.4 Å². The molecule has 3 N–H and O–H groups in total. The lowest BCUT2D eigenvalue weighted by Crippen LogP contribution is -2.72.